The minimum absolute atomic E-state index is 0.455. The average molecular weight is 288 g/mol. The third kappa shape index (κ3) is 3.89. The molecule has 0 fully saturated rings. The van der Waals surface area contributed by atoms with E-state index in [1.165, 1.54) is 17.0 Å². The van der Waals surface area contributed by atoms with Crippen molar-refractivity contribution in [2.45, 2.75) is 56.9 Å². The minimum atomic E-state index is 0.455. The number of rotatable bonds is 6. The number of hydrogen-bond donors (Lipinski definition) is 1. The summed E-state index contributed by atoms with van der Waals surface area (Å²) in [6.07, 6.45) is 2.10. The molecule has 0 bridgehead atoms. The lowest BCUT2D eigenvalue weighted by molar-refractivity contribution is 0.807. The van der Waals surface area contributed by atoms with Crippen LogP contribution in [0.1, 0.15) is 57.0 Å². The molecule has 2 nitrogen and oxygen atoms in total. The third-order valence-corrected chi connectivity index (χ3v) is 4.60. The van der Waals surface area contributed by atoms with Gasteiger partial charge in [-0.15, -0.1) is 0 Å². The molecule has 2 rings (SSSR count). The van der Waals surface area contributed by atoms with E-state index in [1.54, 1.807) is 0 Å². The standard InChI is InChI=1S/C17H24N2S/c1-5-13(4)20-17-18-15(16(19-17)12(2)3)11-14-9-7-6-8-10-14/h6-10,12-13H,5,11H2,1-4H3,(H,18,19). The molecule has 0 aliphatic heterocycles. The van der Waals surface area contributed by atoms with Gasteiger partial charge in [0.1, 0.15) is 0 Å². The fourth-order valence-electron chi connectivity index (χ4n) is 2.14. The van der Waals surface area contributed by atoms with E-state index < -0.39 is 0 Å². The highest BCUT2D eigenvalue weighted by atomic mass is 32.2. The van der Waals surface area contributed by atoms with Crippen LogP contribution in [0.5, 0.6) is 0 Å². The molecule has 1 aromatic heterocycles. The van der Waals surface area contributed by atoms with Gasteiger partial charge in [0, 0.05) is 17.4 Å². The van der Waals surface area contributed by atoms with Crippen molar-refractivity contribution in [1.29, 1.82) is 0 Å². The van der Waals surface area contributed by atoms with Crippen molar-refractivity contribution in [3.8, 4) is 0 Å². The Labute approximate surface area is 126 Å². The van der Waals surface area contributed by atoms with Gasteiger partial charge in [-0.2, -0.15) is 0 Å². The number of benzene rings is 1. The molecule has 1 atom stereocenters. The molecule has 0 aliphatic rings. The first-order chi connectivity index (χ1) is 9.60. The zero-order chi connectivity index (χ0) is 14.5. The number of nitrogens with zero attached hydrogens (tertiary/aromatic N) is 1. The Morgan fingerprint density at radius 2 is 1.85 bits per heavy atom. The first kappa shape index (κ1) is 15.2. The highest BCUT2D eigenvalue weighted by Gasteiger charge is 2.15. The van der Waals surface area contributed by atoms with Crippen LogP contribution in [0, 0.1) is 0 Å². The van der Waals surface area contributed by atoms with Crippen LogP contribution in [0.2, 0.25) is 0 Å². The third-order valence-electron chi connectivity index (χ3n) is 3.45. The molecule has 0 amide bonds. The SMILES string of the molecule is CCC(C)Sc1nc(C(C)C)c(Cc2ccccc2)[nH]1. The lowest BCUT2D eigenvalue weighted by Gasteiger charge is -2.05. The summed E-state index contributed by atoms with van der Waals surface area (Å²) in [6, 6.07) is 10.6. The van der Waals surface area contributed by atoms with E-state index in [0.717, 1.165) is 18.0 Å². The van der Waals surface area contributed by atoms with Gasteiger partial charge in [-0.3, -0.25) is 0 Å². The van der Waals surface area contributed by atoms with Gasteiger partial charge in [0.2, 0.25) is 0 Å². The molecule has 0 saturated carbocycles. The molecule has 0 spiro atoms. The number of H-pyrrole nitrogens is 1. The fraction of sp³-hybridized carbons (Fsp3) is 0.471. The van der Waals surface area contributed by atoms with Crippen LogP contribution in [0.25, 0.3) is 0 Å². The van der Waals surface area contributed by atoms with Gasteiger partial charge in [0.05, 0.1) is 5.69 Å². The molecule has 0 aliphatic carbocycles. The Kier molecular flexibility index (Phi) is 5.30. The van der Waals surface area contributed by atoms with Crippen LogP contribution >= 0.6 is 11.8 Å². The Morgan fingerprint density at radius 1 is 1.15 bits per heavy atom. The van der Waals surface area contributed by atoms with E-state index in [9.17, 15) is 0 Å². The summed E-state index contributed by atoms with van der Waals surface area (Å²) in [5, 5.41) is 1.67. The van der Waals surface area contributed by atoms with E-state index in [2.05, 4.69) is 63.0 Å². The maximum Gasteiger partial charge on any atom is 0.166 e. The predicted molar refractivity (Wildman–Crippen MR) is 87.5 cm³/mol. The maximum atomic E-state index is 4.80. The Bertz CT molecular complexity index is 531. The second kappa shape index (κ2) is 6.98. The van der Waals surface area contributed by atoms with Gasteiger partial charge in [0.15, 0.2) is 5.16 Å². The first-order valence-corrected chi connectivity index (χ1v) is 8.27. The highest BCUT2D eigenvalue weighted by molar-refractivity contribution is 7.99. The van der Waals surface area contributed by atoms with Crippen molar-refractivity contribution < 1.29 is 0 Å². The van der Waals surface area contributed by atoms with Crippen molar-refractivity contribution in [3.63, 3.8) is 0 Å². The maximum absolute atomic E-state index is 4.80. The molecule has 2 aromatic rings. The van der Waals surface area contributed by atoms with Crippen LogP contribution in [-0.2, 0) is 6.42 Å². The first-order valence-electron chi connectivity index (χ1n) is 7.39. The van der Waals surface area contributed by atoms with Gasteiger partial charge in [-0.25, -0.2) is 4.98 Å². The van der Waals surface area contributed by atoms with E-state index in [0.29, 0.717) is 11.2 Å². The monoisotopic (exact) mass is 288 g/mol. The number of hydrogen-bond acceptors (Lipinski definition) is 2. The molecular formula is C17H24N2S. The van der Waals surface area contributed by atoms with Crippen LogP contribution in [0.15, 0.2) is 35.5 Å². The molecule has 1 unspecified atom stereocenters. The van der Waals surface area contributed by atoms with E-state index >= 15 is 0 Å². The van der Waals surface area contributed by atoms with Gasteiger partial charge in [-0.1, -0.05) is 69.8 Å². The van der Waals surface area contributed by atoms with Crippen LogP contribution in [0.4, 0.5) is 0 Å². The van der Waals surface area contributed by atoms with Crippen LogP contribution in [0.3, 0.4) is 0 Å². The van der Waals surface area contributed by atoms with E-state index in [1.807, 2.05) is 11.8 Å². The van der Waals surface area contributed by atoms with Gasteiger partial charge in [0.25, 0.3) is 0 Å². The molecule has 1 aromatic carbocycles. The summed E-state index contributed by atoms with van der Waals surface area (Å²) in [5.41, 5.74) is 3.80. The average Bonchev–Trinajstić information content (AvgIpc) is 2.82. The molecule has 1 N–H and O–H groups in total. The lowest BCUT2D eigenvalue weighted by Crippen LogP contribution is -1.96. The topological polar surface area (TPSA) is 28.7 Å². The van der Waals surface area contributed by atoms with Crippen LogP contribution in [-0.4, -0.2) is 15.2 Å². The van der Waals surface area contributed by atoms with E-state index in [-0.39, 0.29) is 0 Å². The Morgan fingerprint density at radius 3 is 2.45 bits per heavy atom. The molecule has 1 heterocycles. The van der Waals surface area contributed by atoms with Crippen molar-refractivity contribution in [1.82, 2.24) is 9.97 Å². The molecular weight excluding hydrogens is 264 g/mol. The van der Waals surface area contributed by atoms with Gasteiger partial charge < -0.3 is 4.98 Å². The zero-order valence-electron chi connectivity index (χ0n) is 12.8. The smallest absolute Gasteiger partial charge is 0.166 e. The number of nitrogens with one attached hydrogen (secondary N) is 1. The predicted octanol–water partition coefficient (Wildman–Crippen LogP) is 5.01. The fourth-order valence-corrected chi connectivity index (χ4v) is 3.02. The summed E-state index contributed by atoms with van der Waals surface area (Å²) >= 11 is 1.84. The van der Waals surface area contributed by atoms with Crippen molar-refractivity contribution in [3.05, 3.63) is 47.3 Å². The van der Waals surface area contributed by atoms with Gasteiger partial charge in [-0.05, 0) is 17.9 Å². The lowest BCUT2D eigenvalue weighted by atomic mass is 10.0. The summed E-state index contributed by atoms with van der Waals surface area (Å²) in [6.45, 7) is 8.89. The second-order valence-electron chi connectivity index (χ2n) is 5.56. The number of aromatic amines is 1. The van der Waals surface area contributed by atoms with Crippen LogP contribution < -0.4 is 0 Å². The summed E-state index contributed by atoms with van der Waals surface area (Å²) in [5.74, 6) is 0.455. The molecule has 3 heteroatoms. The summed E-state index contributed by atoms with van der Waals surface area (Å²) in [7, 11) is 0. The molecule has 0 radical (unpaired) electrons. The Balaban J connectivity index is 2.22. The van der Waals surface area contributed by atoms with E-state index in [4.69, 9.17) is 4.98 Å². The molecule has 108 valence electrons. The summed E-state index contributed by atoms with van der Waals surface area (Å²) < 4.78 is 0. The highest BCUT2D eigenvalue weighted by Crippen LogP contribution is 2.27. The van der Waals surface area contributed by atoms with Crippen molar-refractivity contribution in [2.24, 2.45) is 0 Å². The van der Waals surface area contributed by atoms with Crippen molar-refractivity contribution in [2.75, 3.05) is 0 Å². The number of aromatic nitrogens is 2. The zero-order valence-corrected chi connectivity index (χ0v) is 13.6. The largest absolute Gasteiger partial charge is 0.336 e. The molecule has 20 heavy (non-hydrogen) atoms. The second-order valence-corrected chi connectivity index (χ2v) is 6.99. The minimum Gasteiger partial charge on any atom is -0.336 e. The van der Waals surface area contributed by atoms with Crippen molar-refractivity contribution >= 4 is 11.8 Å². The molecule has 0 saturated heterocycles. The normalized spacial score (nSPS) is 12.8. The number of thioether (sulfide) groups is 1. The Hall–Kier alpha value is -1.22. The number of imidazole rings is 1. The summed E-state index contributed by atoms with van der Waals surface area (Å²) in [4.78, 5) is 8.33. The van der Waals surface area contributed by atoms with Gasteiger partial charge >= 0.3 is 0 Å². The quantitative estimate of drug-likeness (QED) is 0.756.